The topological polar surface area (TPSA) is 107 Å². The second-order valence-electron chi connectivity index (χ2n) is 9.49. The van der Waals surface area contributed by atoms with Gasteiger partial charge in [0.05, 0.1) is 51.3 Å². The molecule has 2 amide bonds. The number of ether oxygens (including phenoxy) is 4. The number of rotatable bonds is 7. The summed E-state index contributed by atoms with van der Waals surface area (Å²) >= 11 is 0. The minimum absolute atomic E-state index is 0.0870. The number of piperazine rings is 1. The van der Waals surface area contributed by atoms with Crippen LogP contribution in [0.1, 0.15) is 20.8 Å². The Morgan fingerprint density at radius 1 is 0.897 bits per heavy atom. The van der Waals surface area contributed by atoms with Crippen molar-refractivity contribution >= 4 is 22.8 Å². The molecule has 0 spiro atoms. The van der Waals surface area contributed by atoms with E-state index in [1.807, 2.05) is 29.2 Å². The highest BCUT2D eigenvalue weighted by molar-refractivity contribution is 5.96. The first-order chi connectivity index (χ1) is 19.0. The van der Waals surface area contributed by atoms with Crippen LogP contribution in [0, 0.1) is 0 Å². The fourth-order valence-corrected chi connectivity index (χ4v) is 5.05. The number of hydrogen-bond acceptors (Lipinski definition) is 9. The maximum absolute atomic E-state index is 13.2. The van der Waals surface area contributed by atoms with Crippen molar-refractivity contribution in [2.75, 3.05) is 73.7 Å². The SMILES string of the molecule is COc1cc(C(=O)N2CCN(CC3CN(C(=O)c4cnc5ccccc5n4)CCO3)CC2)cc(OC)c1OC. The van der Waals surface area contributed by atoms with Gasteiger partial charge < -0.3 is 28.7 Å². The molecule has 1 aromatic heterocycles. The highest BCUT2D eigenvalue weighted by Crippen LogP contribution is 2.38. The molecular formula is C28H33N5O6. The molecule has 2 aromatic carbocycles. The van der Waals surface area contributed by atoms with Gasteiger partial charge in [-0.25, -0.2) is 4.98 Å². The largest absolute Gasteiger partial charge is 0.493 e. The van der Waals surface area contributed by atoms with E-state index in [0.717, 1.165) is 5.52 Å². The number of benzene rings is 2. The van der Waals surface area contributed by atoms with Gasteiger partial charge >= 0.3 is 0 Å². The lowest BCUT2D eigenvalue weighted by molar-refractivity contribution is -0.0401. The van der Waals surface area contributed by atoms with Gasteiger partial charge in [0.15, 0.2) is 11.5 Å². The van der Waals surface area contributed by atoms with Crippen LogP contribution >= 0.6 is 0 Å². The van der Waals surface area contributed by atoms with Crippen molar-refractivity contribution in [1.82, 2.24) is 24.7 Å². The molecule has 0 bridgehead atoms. The van der Waals surface area contributed by atoms with Gasteiger partial charge in [0.2, 0.25) is 5.75 Å². The van der Waals surface area contributed by atoms with E-state index in [1.165, 1.54) is 21.3 Å². The number of aromatic nitrogens is 2. The first-order valence-corrected chi connectivity index (χ1v) is 12.9. The molecule has 2 fully saturated rings. The van der Waals surface area contributed by atoms with Crippen molar-refractivity contribution in [1.29, 1.82) is 0 Å². The molecule has 3 aromatic rings. The smallest absolute Gasteiger partial charge is 0.274 e. The van der Waals surface area contributed by atoms with Crippen LogP contribution in [0.4, 0.5) is 0 Å². The van der Waals surface area contributed by atoms with E-state index in [0.29, 0.717) is 86.4 Å². The summed E-state index contributed by atoms with van der Waals surface area (Å²) in [5.74, 6) is 1.12. The Morgan fingerprint density at radius 3 is 2.26 bits per heavy atom. The number of fused-ring (bicyclic) bond motifs is 1. The molecule has 1 unspecified atom stereocenters. The van der Waals surface area contributed by atoms with E-state index in [9.17, 15) is 9.59 Å². The Labute approximate surface area is 227 Å². The summed E-state index contributed by atoms with van der Waals surface area (Å²) in [5, 5.41) is 0. The van der Waals surface area contributed by atoms with Crippen LogP contribution in [0.5, 0.6) is 17.2 Å². The first-order valence-electron chi connectivity index (χ1n) is 12.9. The molecule has 3 heterocycles. The number of methoxy groups -OCH3 is 3. The number of carbonyl (C=O) groups excluding carboxylic acids is 2. The van der Waals surface area contributed by atoms with Crippen molar-refractivity contribution in [3.63, 3.8) is 0 Å². The van der Waals surface area contributed by atoms with E-state index < -0.39 is 0 Å². The van der Waals surface area contributed by atoms with Gasteiger partial charge in [-0.3, -0.25) is 19.5 Å². The molecule has 5 rings (SSSR count). The van der Waals surface area contributed by atoms with E-state index >= 15 is 0 Å². The summed E-state index contributed by atoms with van der Waals surface area (Å²) in [6, 6.07) is 10.9. The quantitative estimate of drug-likeness (QED) is 0.449. The van der Waals surface area contributed by atoms with Crippen molar-refractivity contribution in [2.24, 2.45) is 0 Å². The second kappa shape index (κ2) is 11.8. The lowest BCUT2D eigenvalue weighted by Crippen LogP contribution is -2.54. The Morgan fingerprint density at radius 2 is 1.59 bits per heavy atom. The molecule has 11 heteroatoms. The van der Waals surface area contributed by atoms with Crippen LogP contribution in [0.3, 0.4) is 0 Å². The standard InChI is InChI=1S/C28H33N5O6/c1-36-24-14-19(15-25(37-2)26(24)38-3)27(34)32-10-8-31(9-11-32)17-20-18-33(12-13-39-20)28(35)23-16-29-21-6-4-5-7-22(21)30-23/h4-7,14-16,20H,8-13,17-18H2,1-3H3. The number of carbonyl (C=O) groups is 2. The number of para-hydroxylation sites is 2. The molecule has 39 heavy (non-hydrogen) atoms. The van der Waals surface area contributed by atoms with E-state index in [1.54, 1.807) is 23.2 Å². The predicted molar refractivity (Wildman–Crippen MR) is 144 cm³/mol. The molecule has 2 aliphatic rings. The molecule has 0 radical (unpaired) electrons. The van der Waals surface area contributed by atoms with Gasteiger partial charge in [-0.15, -0.1) is 0 Å². The summed E-state index contributed by atoms with van der Waals surface area (Å²) in [4.78, 5) is 41.2. The van der Waals surface area contributed by atoms with Gasteiger partial charge in [-0.2, -0.15) is 0 Å². The normalized spacial score (nSPS) is 18.2. The average molecular weight is 536 g/mol. The lowest BCUT2D eigenvalue weighted by atomic mass is 10.1. The zero-order valence-corrected chi connectivity index (χ0v) is 22.5. The monoisotopic (exact) mass is 535 g/mol. The average Bonchev–Trinajstić information content (AvgIpc) is 2.99. The maximum atomic E-state index is 13.2. The van der Waals surface area contributed by atoms with E-state index in [2.05, 4.69) is 14.9 Å². The van der Waals surface area contributed by atoms with Crippen LogP contribution in [0.15, 0.2) is 42.6 Å². The number of nitrogens with zero attached hydrogens (tertiary/aromatic N) is 5. The minimum Gasteiger partial charge on any atom is -0.493 e. The van der Waals surface area contributed by atoms with E-state index in [4.69, 9.17) is 18.9 Å². The molecule has 0 aliphatic carbocycles. The molecule has 2 saturated heterocycles. The van der Waals surface area contributed by atoms with Gasteiger partial charge in [-0.05, 0) is 24.3 Å². The highest BCUT2D eigenvalue weighted by atomic mass is 16.5. The summed E-state index contributed by atoms with van der Waals surface area (Å²) in [6.07, 6.45) is 1.42. The number of amides is 2. The molecule has 206 valence electrons. The molecule has 1 atom stereocenters. The number of hydrogen-bond donors (Lipinski definition) is 0. The third kappa shape index (κ3) is 5.74. The third-order valence-corrected chi connectivity index (χ3v) is 7.13. The summed E-state index contributed by atoms with van der Waals surface area (Å²) in [6.45, 7) is 4.73. The Bertz CT molecular complexity index is 1320. The zero-order chi connectivity index (χ0) is 27.4. The number of morpholine rings is 1. The molecular weight excluding hydrogens is 502 g/mol. The van der Waals surface area contributed by atoms with Gasteiger partial charge in [0.1, 0.15) is 5.69 Å². The Kier molecular flexibility index (Phi) is 8.08. The molecule has 2 aliphatic heterocycles. The van der Waals surface area contributed by atoms with Crippen molar-refractivity contribution in [3.8, 4) is 17.2 Å². The van der Waals surface area contributed by atoms with Crippen LogP contribution in [-0.4, -0.2) is 116 Å². The fraction of sp³-hybridized carbons (Fsp3) is 0.429. The predicted octanol–water partition coefficient (Wildman–Crippen LogP) is 1.95. The maximum Gasteiger partial charge on any atom is 0.274 e. The van der Waals surface area contributed by atoms with E-state index in [-0.39, 0.29) is 17.9 Å². The first kappa shape index (κ1) is 26.6. The Hall–Kier alpha value is -3.96. The highest BCUT2D eigenvalue weighted by Gasteiger charge is 2.30. The summed E-state index contributed by atoms with van der Waals surface area (Å²) in [7, 11) is 4.59. The minimum atomic E-state index is -0.137. The fourth-order valence-electron chi connectivity index (χ4n) is 5.05. The van der Waals surface area contributed by atoms with Crippen molar-refractivity contribution < 1.29 is 28.5 Å². The molecule has 0 saturated carbocycles. The van der Waals surface area contributed by atoms with Crippen LogP contribution in [0.25, 0.3) is 11.0 Å². The van der Waals surface area contributed by atoms with Crippen molar-refractivity contribution in [3.05, 3.63) is 53.9 Å². The van der Waals surface area contributed by atoms with Crippen LogP contribution in [-0.2, 0) is 4.74 Å². The second-order valence-corrected chi connectivity index (χ2v) is 9.49. The van der Waals surface area contributed by atoms with Crippen LogP contribution in [0.2, 0.25) is 0 Å². The van der Waals surface area contributed by atoms with Gasteiger partial charge in [0.25, 0.3) is 11.8 Å². The molecule has 11 nitrogen and oxygen atoms in total. The molecule has 0 N–H and O–H groups in total. The summed E-state index contributed by atoms with van der Waals surface area (Å²) < 4.78 is 22.2. The Balaban J connectivity index is 1.16. The van der Waals surface area contributed by atoms with Crippen LogP contribution < -0.4 is 14.2 Å². The lowest BCUT2D eigenvalue weighted by Gasteiger charge is -2.39. The summed E-state index contributed by atoms with van der Waals surface area (Å²) in [5.41, 5.74) is 2.29. The van der Waals surface area contributed by atoms with Gasteiger partial charge in [0, 0.05) is 51.4 Å². The van der Waals surface area contributed by atoms with Gasteiger partial charge in [-0.1, -0.05) is 12.1 Å². The van der Waals surface area contributed by atoms with Crippen molar-refractivity contribution in [2.45, 2.75) is 6.10 Å². The zero-order valence-electron chi connectivity index (χ0n) is 22.5. The third-order valence-electron chi connectivity index (χ3n) is 7.13.